The normalized spacial score (nSPS) is 12.2. The second kappa shape index (κ2) is 7.62. The lowest BCUT2D eigenvalue weighted by Crippen LogP contribution is -2.32. The Morgan fingerprint density at radius 3 is 2.09 bits per heavy atom. The SMILES string of the molecule is CCN(CC)/C(=N\S(=O)(=O)c1ccccc1)c1ccc(Cl)cc1. The molecule has 0 amide bonds. The summed E-state index contributed by atoms with van der Waals surface area (Å²) < 4.78 is 29.3. The van der Waals surface area contributed by atoms with Crippen LogP contribution >= 0.6 is 11.6 Å². The third-order valence-corrected chi connectivity index (χ3v) is 4.95. The van der Waals surface area contributed by atoms with E-state index in [1.807, 2.05) is 18.7 Å². The van der Waals surface area contributed by atoms with E-state index in [4.69, 9.17) is 11.6 Å². The molecule has 0 fully saturated rings. The molecule has 0 atom stereocenters. The summed E-state index contributed by atoms with van der Waals surface area (Å²) in [5.41, 5.74) is 0.720. The minimum atomic E-state index is -3.77. The first-order chi connectivity index (χ1) is 11.0. The monoisotopic (exact) mass is 350 g/mol. The van der Waals surface area contributed by atoms with Crippen LogP contribution in [0.3, 0.4) is 0 Å². The number of hydrogen-bond donors (Lipinski definition) is 0. The highest BCUT2D eigenvalue weighted by Gasteiger charge is 2.18. The Labute approximate surface area is 142 Å². The highest BCUT2D eigenvalue weighted by molar-refractivity contribution is 7.90. The van der Waals surface area contributed by atoms with Crippen molar-refractivity contribution in [3.8, 4) is 0 Å². The van der Waals surface area contributed by atoms with Crippen molar-refractivity contribution >= 4 is 27.5 Å². The van der Waals surface area contributed by atoms with E-state index in [9.17, 15) is 8.42 Å². The van der Waals surface area contributed by atoms with Crippen LogP contribution < -0.4 is 0 Å². The second-order valence-corrected chi connectivity index (χ2v) is 6.92. The molecular formula is C17H19ClN2O2S. The second-order valence-electron chi connectivity index (χ2n) is 4.88. The molecule has 0 spiro atoms. The summed E-state index contributed by atoms with van der Waals surface area (Å²) in [5.74, 6) is 0.426. The predicted octanol–water partition coefficient (Wildman–Crippen LogP) is 3.82. The minimum Gasteiger partial charge on any atom is -0.356 e. The Kier molecular flexibility index (Phi) is 5.80. The van der Waals surface area contributed by atoms with Gasteiger partial charge in [0, 0.05) is 23.7 Å². The number of benzene rings is 2. The predicted molar refractivity (Wildman–Crippen MR) is 94.5 cm³/mol. The lowest BCUT2D eigenvalue weighted by molar-refractivity contribution is 0.467. The maximum Gasteiger partial charge on any atom is 0.284 e. The van der Waals surface area contributed by atoms with Gasteiger partial charge in [0.1, 0.15) is 5.84 Å². The average molecular weight is 351 g/mol. The van der Waals surface area contributed by atoms with Crippen LogP contribution in [0, 0.1) is 0 Å². The third-order valence-electron chi connectivity index (χ3n) is 3.41. The van der Waals surface area contributed by atoms with Gasteiger partial charge in [0.2, 0.25) is 0 Å². The van der Waals surface area contributed by atoms with Crippen molar-refractivity contribution in [2.45, 2.75) is 18.7 Å². The van der Waals surface area contributed by atoms with Gasteiger partial charge < -0.3 is 4.90 Å². The van der Waals surface area contributed by atoms with Gasteiger partial charge in [-0.25, -0.2) is 0 Å². The van der Waals surface area contributed by atoms with E-state index in [1.54, 1.807) is 54.6 Å². The molecule has 0 aliphatic heterocycles. The number of hydrogen-bond acceptors (Lipinski definition) is 2. The molecule has 0 saturated carbocycles. The molecule has 0 radical (unpaired) electrons. The van der Waals surface area contributed by atoms with Crippen LogP contribution in [-0.2, 0) is 10.0 Å². The molecule has 0 N–H and O–H groups in total. The van der Waals surface area contributed by atoms with Crippen LogP contribution in [-0.4, -0.2) is 32.2 Å². The zero-order chi connectivity index (χ0) is 16.9. The summed E-state index contributed by atoms with van der Waals surface area (Å²) in [6, 6.07) is 15.2. The number of nitrogens with zero attached hydrogens (tertiary/aromatic N) is 2. The molecule has 0 unspecified atom stereocenters. The average Bonchev–Trinajstić information content (AvgIpc) is 2.56. The molecule has 0 aliphatic carbocycles. The Hall–Kier alpha value is -1.85. The van der Waals surface area contributed by atoms with Crippen molar-refractivity contribution in [2.75, 3.05) is 13.1 Å². The molecule has 0 aromatic heterocycles. The van der Waals surface area contributed by atoms with Gasteiger partial charge in [0.25, 0.3) is 10.0 Å². The van der Waals surface area contributed by atoms with Gasteiger partial charge in [-0.3, -0.25) is 0 Å². The molecule has 0 bridgehead atoms. The van der Waals surface area contributed by atoms with E-state index in [0.29, 0.717) is 23.9 Å². The van der Waals surface area contributed by atoms with Crippen LogP contribution in [0.2, 0.25) is 5.02 Å². The first-order valence-electron chi connectivity index (χ1n) is 7.38. The Bertz CT molecular complexity index is 768. The third kappa shape index (κ3) is 4.33. The van der Waals surface area contributed by atoms with Gasteiger partial charge in [0.15, 0.2) is 0 Å². The Morgan fingerprint density at radius 1 is 1.00 bits per heavy atom. The molecular weight excluding hydrogens is 332 g/mol. The van der Waals surface area contributed by atoms with Crippen molar-refractivity contribution in [3.05, 3.63) is 65.2 Å². The zero-order valence-corrected chi connectivity index (χ0v) is 14.7. The van der Waals surface area contributed by atoms with E-state index in [2.05, 4.69) is 4.40 Å². The van der Waals surface area contributed by atoms with Gasteiger partial charge in [-0.05, 0) is 50.2 Å². The highest BCUT2D eigenvalue weighted by Crippen LogP contribution is 2.17. The Morgan fingerprint density at radius 2 is 1.57 bits per heavy atom. The van der Waals surface area contributed by atoms with E-state index < -0.39 is 10.0 Å². The summed E-state index contributed by atoms with van der Waals surface area (Å²) in [4.78, 5) is 2.09. The minimum absolute atomic E-state index is 0.179. The van der Waals surface area contributed by atoms with E-state index in [0.717, 1.165) is 5.56 Å². The number of sulfonamides is 1. The van der Waals surface area contributed by atoms with Crippen LogP contribution in [0.5, 0.6) is 0 Å². The van der Waals surface area contributed by atoms with Gasteiger partial charge >= 0.3 is 0 Å². The van der Waals surface area contributed by atoms with E-state index in [-0.39, 0.29) is 4.90 Å². The molecule has 6 heteroatoms. The topological polar surface area (TPSA) is 49.7 Å². The quantitative estimate of drug-likeness (QED) is 0.608. The number of halogens is 1. The number of rotatable bonds is 5. The fourth-order valence-electron chi connectivity index (χ4n) is 2.17. The molecule has 2 rings (SSSR count). The Balaban J connectivity index is 2.55. The summed E-state index contributed by atoms with van der Waals surface area (Å²) in [7, 11) is -3.77. The van der Waals surface area contributed by atoms with Crippen molar-refractivity contribution in [1.29, 1.82) is 0 Å². The lowest BCUT2D eigenvalue weighted by Gasteiger charge is -2.23. The molecule has 0 aliphatic rings. The first-order valence-corrected chi connectivity index (χ1v) is 9.20. The van der Waals surface area contributed by atoms with E-state index >= 15 is 0 Å². The maximum atomic E-state index is 12.6. The number of amidine groups is 1. The molecule has 4 nitrogen and oxygen atoms in total. The van der Waals surface area contributed by atoms with Gasteiger partial charge in [-0.15, -0.1) is 4.40 Å². The highest BCUT2D eigenvalue weighted by atomic mass is 35.5. The molecule has 2 aromatic carbocycles. The molecule has 122 valence electrons. The van der Waals surface area contributed by atoms with Crippen LogP contribution in [0.4, 0.5) is 0 Å². The summed E-state index contributed by atoms with van der Waals surface area (Å²) in [6.07, 6.45) is 0. The van der Waals surface area contributed by atoms with Crippen LogP contribution in [0.15, 0.2) is 63.9 Å². The van der Waals surface area contributed by atoms with Crippen LogP contribution in [0.25, 0.3) is 0 Å². The van der Waals surface area contributed by atoms with Gasteiger partial charge in [-0.2, -0.15) is 8.42 Å². The first kappa shape index (κ1) is 17.5. The maximum absolute atomic E-state index is 12.6. The summed E-state index contributed by atoms with van der Waals surface area (Å²) >= 11 is 5.92. The molecule has 2 aromatic rings. The van der Waals surface area contributed by atoms with E-state index in [1.165, 1.54) is 0 Å². The smallest absolute Gasteiger partial charge is 0.284 e. The summed E-state index contributed by atoms with van der Waals surface area (Å²) in [6.45, 7) is 5.23. The summed E-state index contributed by atoms with van der Waals surface area (Å²) in [5, 5.41) is 0.596. The fraction of sp³-hybridized carbons (Fsp3) is 0.235. The van der Waals surface area contributed by atoms with Crippen molar-refractivity contribution in [1.82, 2.24) is 4.90 Å². The van der Waals surface area contributed by atoms with Gasteiger partial charge in [0.05, 0.1) is 4.90 Å². The van der Waals surface area contributed by atoms with Crippen molar-refractivity contribution in [3.63, 3.8) is 0 Å². The molecule has 0 saturated heterocycles. The van der Waals surface area contributed by atoms with Gasteiger partial charge in [-0.1, -0.05) is 29.8 Å². The standard InChI is InChI=1S/C17H19ClN2O2S/c1-3-20(4-2)17(14-10-12-15(18)13-11-14)19-23(21,22)16-8-6-5-7-9-16/h5-13H,3-4H2,1-2H3/b19-17-. The van der Waals surface area contributed by atoms with Crippen molar-refractivity contribution in [2.24, 2.45) is 4.40 Å². The molecule has 0 heterocycles. The fourth-order valence-corrected chi connectivity index (χ4v) is 3.36. The van der Waals surface area contributed by atoms with Crippen molar-refractivity contribution < 1.29 is 8.42 Å². The van der Waals surface area contributed by atoms with Crippen LogP contribution in [0.1, 0.15) is 19.4 Å². The lowest BCUT2D eigenvalue weighted by atomic mass is 10.2. The zero-order valence-electron chi connectivity index (χ0n) is 13.1. The molecule has 23 heavy (non-hydrogen) atoms. The largest absolute Gasteiger partial charge is 0.356 e.